The Balaban J connectivity index is 1.71. The summed E-state index contributed by atoms with van der Waals surface area (Å²) >= 11 is 0. The lowest BCUT2D eigenvalue weighted by Crippen LogP contribution is -2.40. The Morgan fingerprint density at radius 1 is 1.29 bits per heavy atom. The average molecular weight is 288 g/mol. The van der Waals surface area contributed by atoms with Crippen molar-refractivity contribution in [3.05, 3.63) is 29.8 Å². The Hall–Kier alpha value is -1.88. The minimum atomic E-state index is -0.897. The van der Waals surface area contributed by atoms with E-state index in [4.69, 9.17) is 5.11 Å². The van der Waals surface area contributed by atoms with E-state index in [9.17, 15) is 9.59 Å². The second-order valence-electron chi connectivity index (χ2n) is 5.96. The van der Waals surface area contributed by atoms with Gasteiger partial charge in [0.05, 0.1) is 12.5 Å². The van der Waals surface area contributed by atoms with Crippen LogP contribution in [0.4, 0.5) is 5.69 Å². The molecule has 0 aromatic heterocycles. The Morgan fingerprint density at radius 2 is 2.10 bits per heavy atom. The third kappa shape index (κ3) is 2.93. The maximum Gasteiger partial charge on any atom is 0.307 e. The summed E-state index contributed by atoms with van der Waals surface area (Å²) in [6, 6.07) is 6.95. The number of amides is 1. The zero-order valence-corrected chi connectivity index (χ0v) is 11.8. The fraction of sp³-hybridized carbons (Fsp3) is 0.500. The van der Waals surface area contributed by atoms with E-state index in [-0.39, 0.29) is 18.4 Å². The van der Waals surface area contributed by atoms with Gasteiger partial charge in [-0.25, -0.2) is 0 Å². The predicted molar refractivity (Wildman–Crippen MR) is 79.0 cm³/mol. The minimum Gasteiger partial charge on any atom is -0.481 e. The van der Waals surface area contributed by atoms with E-state index in [0.29, 0.717) is 23.1 Å². The quantitative estimate of drug-likeness (QED) is 0.787. The number of carbonyl (C=O) groups excluding carboxylic acids is 1. The number of carbonyl (C=O) groups is 2. The molecule has 112 valence electrons. The average Bonchev–Trinajstić information content (AvgIpc) is 3.02. The third-order valence-corrected chi connectivity index (χ3v) is 4.65. The smallest absolute Gasteiger partial charge is 0.307 e. The van der Waals surface area contributed by atoms with E-state index in [0.717, 1.165) is 13.0 Å². The summed E-state index contributed by atoms with van der Waals surface area (Å²) in [5, 5.41) is 15.2. The summed E-state index contributed by atoms with van der Waals surface area (Å²) in [5.74, 6) is 0.112. The van der Waals surface area contributed by atoms with Crippen molar-refractivity contribution in [3.8, 4) is 0 Å². The summed E-state index contributed by atoms with van der Waals surface area (Å²) in [4.78, 5) is 23.4. The highest BCUT2D eigenvalue weighted by molar-refractivity contribution is 5.96. The summed E-state index contributed by atoms with van der Waals surface area (Å²) in [7, 11) is 0. The lowest BCUT2D eigenvalue weighted by atomic mass is 9.93. The van der Waals surface area contributed by atoms with Crippen molar-refractivity contribution in [2.75, 3.05) is 11.9 Å². The van der Waals surface area contributed by atoms with Gasteiger partial charge in [0.2, 0.25) is 5.91 Å². The Labute approximate surface area is 123 Å². The number of benzene rings is 1. The zero-order valence-electron chi connectivity index (χ0n) is 11.8. The standard InChI is InChI=1S/C16H20N2O3/c19-14(20)8-10-4-1-2-7-13(10)18-16(21)15-12-6-3-5-11(12)9-17-15/h1-2,4,7,11-12,15,17H,3,5-6,8-9H2,(H,18,21)(H,19,20). The van der Waals surface area contributed by atoms with Crippen LogP contribution in [0, 0.1) is 11.8 Å². The van der Waals surface area contributed by atoms with Crippen molar-refractivity contribution >= 4 is 17.6 Å². The highest BCUT2D eigenvalue weighted by Crippen LogP contribution is 2.38. The van der Waals surface area contributed by atoms with Crippen molar-refractivity contribution < 1.29 is 14.7 Å². The van der Waals surface area contributed by atoms with Crippen LogP contribution in [0.25, 0.3) is 0 Å². The van der Waals surface area contributed by atoms with Crippen LogP contribution >= 0.6 is 0 Å². The van der Waals surface area contributed by atoms with Gasteiger partial charge in [-0.3, -0.25) is 9.59 Å². The topological polar surface area (TPSA) is 78.4 Å². The van der Waals surface area contributed by atoms with Gasteiger partial charge in [-0.2, -0.15) is 0 Å². The second kappa shape index (κ2) is 5.85. The van der Waals surface area contributed by atoms with Gasteiger partial charge in [-0.05, 0) is 42.9 Å². The van der Waals surface area contributed by atoms with E-state index in [2.05, 4.69) is 10.6 Å². The first-order valence-electron chi connectivity index (χ1n) is 7.49. The molecule has 21 heavy (non-hydrogen) atoms. The molecule has 2 aliphatic rings. The molecule has 5 nitrogen and oxygen atoms in total. The lowest BCUT2D eigenvalue weighted by molar-refractivity contribution is -0.136. The number of para-hydroxylation sites is 1. The summed E-state index contributed by atoms with van der Waals surface area (Å²) < 4.78 is 0. The lowest BCUT2D eigenvalue weighted by Gasteiger charge is -2.18. The normalized spacial score (nSPS) is 27.3. The molecule has 1 aliphatic heterocycles. The number of aliphatic carboxylic acids is 1. The number of carboxylic acid groups (broad SMARTS) is 1. The number of rotatable bonds is 4. The molecule has 1 heterocycles. The van der Waals surface area contributed by atoms with Crippen LogP contribution in [0.1, 0.15) is 24.8 Å². The highest BCUT2D eigenvalue weighted by Gasteiger charge is 2.42. The van der Waals surface area contributed by atoms with Crippen LogP contribution in [0.3, 0.4) is 0 Å². The van der Waals surface area contributed by atoms with E-state index < -0.39 is 5.97 Å². The van der Waals surface area contributed by atoms with E-state index in [1.165, 1.54) is 12.8 Å². The molecular formula is C16H20N2O3. The largest absolute Gasteiger partial charge is 0.481 e. The molecule has 1 aliphatic carbocycles. The van der Waals surface area contributed by atoms with Crippen molar-refractivity contribution in [1.82, 2.24) is 5.32 Å². The van der Waals surface area contributed by atoms with Crippen LogP contribution in [0.15, 0.2) is 24.3 Å². The van der Waals surface area contributed by atoms with Crippen molar-refractivity contribution in [1.29, 1.82) is 0 Å². The number of hydrogen-bond acceptors (Lipinski definition) is 3. The molecule has 0 bridgehead atoms. The summed E-state index contributed by atoms with van der Waals surface area (Å²) in [6.07, 6.45) is 3.43. The van der Waals surface area contributed by atoms with Gasteiger partial charge in [0.25, 0.3) is 0 Å². The van der Waals surface area contributed by atoms with Crippen LogP contribution in [0.2, 0.25) is 0 Å². The molecule has 5 heteroatoms. The number of carboxylic acids is 1. The minimum absolute atomic E-state index is 0.0396. The molecule has 0 spiro atoms. The fourth-order valence-electron chi connectivity index (χ4n) is 3.64. The number of anilines is 1. The van der Waals surface area contributed by atoms with Crippen LogP contribution < -0.4 is 10.6 Å². The van der Waals surface area contributed by atoms with Crippen molar-refractivity contribution in [2.24, 2.45) is 11.8 Å². The Kier molecular flexibility index (Phi) is 3.92. The van der Waals surface area contributed by atoms with Gasteiger partial charge in [0.1, 0.15) is 0 Å². The predicted octanol–water partition coefficient (Wildman–Crippen LogP) is 1.64. The van der Waals surface area contributed by atoms with Gasteiger partial charge in [-0.15, -0.1) is 0 Å². The molecule has 1 aromatic rings. The first kappa shape index (κ1) is 14.1. The Bertz CT molecular complexity index is 558. The summed E-state index contributed by atoms with van der Waals surface area (Å²) in [5.41, 5.74) is 1.24. The molecule has 3 unspecified atom stereocenters. The first-order chi connectivity index (χ1) is 10.1. The molecule has 1 amide bonds. The molecular weight excluding hydrogens is 268 g/mol. The first-order valence-corrected chi connectivity index (χ1v) is 7.49. The molecule has 1 saturated heterocycles. The fourth-order valence-corrected chi connectivity index (χ4v) is 3.64. The molecule has 3 atom stereocenters. The third-order valence-electron chi connectivity index (χ3n) is 4.65. The number of fused-ring (bicyclic) bond motifs is 1. The van der Waals surface area contributed by atoms with Crippen molar-refractivity contribution in [2.45, 2.75) is 31.7 Å². The molecule has 1 aromatic carbocycles. The van der Waals surface area contributed by atoms with Crippen LogP contribution in [-0.4, -0.2) is 29.6 Å². The van der Waals surface area contributed by atoms with Gasteiger partial charge >= 0.3 is 5.97 Å². The van der Waals surface area contributed by atoms with E-state index in [1.54, 1.807) is 24.3 Å². The van der Waals surface area contributed by atoms with Gasteiger partial charge in [0.15, 0.2) is 0 Å². The van der Waals surface area contributed by atoms with Crippen LogP contribution in [-0.2, 0) is 16.0 Å². The molecule has 3 rings (SSSR count). The van der Waals surface area contributed by atoms with Gasteiger partial charge < -0.3 is 15.7 Å². The maximum atomic E-state index is 12.5. The van der Waals surface area contributed by atoms with Crippen LogP contribution in [0.5, 0.6) is 0 Å². The zero-order chi connectivity index (χ0) is 14.8. The maximum absolute atomic E-state index is 12.5. The van der Waals surface area contributed by atoms with E-state index in [1.807, 2.05) is 0 Å². The van der Waals surface area contributed by atoms with Gasteiger partial charge in [0, 0.05) is 5.69 Å². The number of nitrogens with one attached hydrogen (secondary N) is 2. The summed E-state index contributed by atoms with van der Waals surface area (Å²) in [6.45, 7) is 0.916. The molecule has 3 N–H and O–H groups in total. The van der Waals surface area contributed by atoms with Gasteiger partial charge in [-0.1, -0.05) is 24.6 Å². The highest BCUT2D eigenvalue weighted by atomic mass is 16.4. The molecule has 0 radical (unpaired) electrons. The van der Waals surface area contributed by atoms with E-state index >= 15 is 0 Å². The molecule has 2 fully saturated rings. The SMILES string of the molecule is O=C(O)Cc1ccccc1NC(=O)C1NCC2CCCC21. The number of hydrogen-bond donors (Lipinski definition) is 3. The Morgan fingerprint density at radius 3 is 2.90 bits per heavy atom. The molecule has 1 saturated carbocycles. The second-order valence-corrected chi connectivity index (χ2v) is 5.96. The monoisotopic (exact) mass is 288 g/mol. The van der Waals surface area contributed by atoms with Crippen molar-refractivity contribution in [3.63, 3.8) is 0 Å².